The fraction of sp³-hybridized carbons (Fsp3) is 0.167. The van der Waals surface area contributed by atoms with E-state index in [9.17, 15) is 22.4 Å². The van der Waals surface area contributed by atoms with E-state index in [2.05, 4.69) is 5.32 Å². The molecule has 1 heterocycles. The largest absolute Gasteiger partial charge is 0.350 e. The minimum atomic E-state index is -3.86. The topological polar surface area (TPSA) is 83.6 Å². The number of benzene rings is 3. The van der Waals surface area contributed by atoms with Crippen LogP contribution in [0.4, 0.5) is 10.1 Å². The maximum atomic E-state index is 13.4. The number of amides is 2. The SMILES string of the molecule is O=C(CN1C(=O)CC(c2ccccc2)S(=O)(=O)c2ccccc21)NCc1ccc(F)cc1. The Morgan fingerprint density at radius 1 is 0.969 bits per heavy atom. The van der Waals surface area contributed by atoms with Gasteiger partial charge in [-0.05, 0) is 35.4 Å². The molecule has 3 aromatic rings. The Bertz CT molecular complexity index is 1240. The molecule has 0 radical (unpaired) electrons. The van der Waals surface area contributed by atoms with Gasteiger partial charge in [-0.15, -0.1) is 0 Å². The average Bonchev–Trinajstić information content (AvgIpc) is 2.88. The molecule has 8 heteroatoms. The number of sulfone groups is 1. The molecular formula is C24H21FN2O4S. The molecule has 0 spiro atoms. The standard InChI is InChI=1S/C24H21FN2O4S/c25-19-12-10-17(11-13-19)15-26-23(28)16-27-20-8-4-5-9-21(20)32(30,31)22(14-24(27)29)18-6-2-1-3-7-18/h1-13,22H,14-16H2,(H,26,28). The van der Waals surface area contributed by atoms with Crippen LogP contribution in [0.15, 0.2) is 83.8 Å². The van der Waals surface area contributed by atoms with Crippen molar-refractivity contribution in [1.82, 2.24) is 5.32 Å². The first-order valence-corrected chi connectivity index (χ1v) is 11.6. The number of anilines is 1. The second-order valence-electron chi connectivity index (χ2n) is 7.50. The lowest BCUT2D eigenvalue weighted by Crippen LogP contribution is -2.40. The molecule has 0 aromatic heterocycles. The van der Waals surface area contributed by atoms with Crippen molar-refractivity contribution in [1.29, 1.82) is 0 Å². The third kappa shape index (κ3) is 4.40. The van der Waals surface area contributed by atoms with Crippen LogP contribution in [0.1, 0.15) is 22.8 Å². The van der Waals surface area contributed by atoms with E-state index in [-0.39, 0.29) is 35.9 Å². The molecule has 4 rings (SSSR count). The molecule has 1 aliphatic heterocycles. The fourth-order valence-corrected chi connectivity index (χ4v) is 5.65. The maximum absolute atomic E-state index is 13.4. The molecule has 2 amide bonds. The van der Waals surface area contributed by atoms with Gasteiger partial charge in [-0.25, -0.2) is 12.8 Å². The Morgan fingerprint density at radius 2 is 1.62 bits per heavy atom. The van der Waals surface area contributed by atoms with E-state index < -0.39 is 26.9 Å². The highest BCUT2D eigenvalue weighted by molar-refractivity contribution is 7.92. The molecule has 32 heavy (non-hydrogen) atoms. The molecule has 3 aromatic carbocycles. The summed E-state index contributed by atoms with van der Waals surface area (Å²) in [5.41, 5.74) is 1.42. The summed E-state index contributed by atoms with van der Waals surface area (Å²) in [6, 6.07) is 20.5. The number of hydrogen-bond donors (Lipinski definition) is 1. The number of carbonyl (C=O) groups is 2. The zero-order valence-electron chi connectivity index (χ0n) is 17.1. The molecule has 6 nitrogen and oxygen atoms in total. The van der Waals surface area contributed by atoms with Crippen LogP contribution in [0.25, 0.3) is 0 Å². The van der Waals surface area contributed by atoms with Crippen molar-refractivity contribution in [3.63, 3.8) is 0 Å². The average molecular weight is 453 g/mol. The van der Waals surface area contributed by atoms with Crippen LogP contribution in [-0.4, -0.2) is 26.8 Å². The molecule has 0 fully saturated rings. The van der Waals surface area contributed by atoms with E-state index >= 15 is 0 Å². The first-order valence-electron chi connectivity index (χ1n) is 10.1. The highest BCUT2D eigenvalue weighted by Gasteiger charge is 2.39. The lowest BCUT2D eigenvalue weighted by Gasteiger charge is -2.21. The van der Waals surface area contributed by atoms with Gasteiger partial charge in [0, 0.05) is 13.0 Å². The zero-order chi connectivity index (χ0) is 22.7. The predicted octanol–water partition coefficient (Wildman–Crippen LogP) is 3.39. The first kappa shape index (κ1) is 21.7. The van der Waals surface area contributed by atoms with Gasteiger partial charge in [0.05, 0.1) is 15.8 Å². The number of nitrogens with one attached hydrogen (secondary N) is 1. The Morgan fingerprint density at radius 3 is 2.34 bits per heavy atom. The van der Waals surface area contributed by atoms with Crippen molar-refractivity contribution in [2.45, 2.75) is 23.1 Å². The van der Waals surface area contributed by atoms with E-state index in [0.29, 0.717) is 11.1 Å². The van der Waals surface area contributed by atoms with Gasteiger partial charge >= 0.3 is 0 Å². The summed E-state index contributed by atoms with van der Waals surface area (Å²) in [6.07, 6.45) is -0.272. The van der Waals surface area contributed by atoms with Crippen molar-refractivity contribution in [3.8, 4) is 0 Å². The molecule has 1 N–H and O–H groups in total. The van der Waals surface area contributed by atoms with E-state index in [0.717, 1.165) is 0 Å². The van der Waals surface area contributed by atoms with E-state index in [1.807, 2.05) is 0 Å². The molecule has 164 valence electrons. The lowest BCUT2D eigenvalue weighted by atomic mass is 10.1. The highest BCUT2D eigenvalue weighted by Crippen LogP contribution is 2.40. The van der Waals surface area contributed by atoms with Crippen LogP contribution in [0.5, 0.6) is 0 Å². The third-order valence-corrected chi connectivity index (χ3v) is 7.52. The smallest absolute Gasteiger partial charge is 0.240 e. The minimum Gasteiger partial charge on any atom is -0.350 e. The Kier molecular flexibility index (Phi) is 6.05. The summed E-state index contributed by atoms with van der Waals surface area (Å²) in [4.78, 5) is 27.0. The Hall–Kier alpha value is -3.52. The number of rotatable bonds is 5. The number of para-hydroxylation sites is 1. The van der Waals surface area contributed by atoms with Gasteiger partial charge in [0.15, 0.2) is 9.84 Å². The van der Waals surface area contributed by atoms with Crippen molar-refractivity contribution >= 4 is 27.3 Å². The minimum absolute atomic E-state index is 0.0195. The van der Waals surface area contributed by atoms with Gasteiger partial charge in [-0.2, -0.15) is 0 Å². The van der Waals surface area contributed by atoms with E-state index in [1.165, 1.54) is 29.2 Å². The molecule has 0 aliphatic carbocycles. The summed E-state index contributed by atoms with van der Waals surface area (Å²) >= 11 is 0. The van der Waals surface area contributed by atoms with E-state index in [1.54, 1.807) is 54.6 Å². The zero-order valence-corrected chi connectivity index (χ0v) is 17.9. The summed E-state index contributed by atoms with van der Waals surface area (Å²) in [5, 5.41) is 1.66. The quantitative estimate of drug-likeness (QED) is 0.643. The maximum Gasteiger partial charge on any atom is 0.240 e. The lowest BCUT2D eigenvalue weighted by molar-refractivity contribution is -0.124. The Balaban J connectivity index is 1.61. The molecule has 1 unspecified atom stereocenters. The van der Waals surface area contributed by atoms with Crippen molar-refractivity contribution in [2.24, 2.45) is 0 Å². The van der Waals surface area contributed by atoms with Crippen LogP contribution in [0.3, 0.4) is 0 Å². The summed E-state index contributed by atoms with van der Waals surface area (Å²) in [6.45, 7) is -0.165. The molecule has 0 bridgehead atoms. The van der Waals surface area contributed by atoms with Crippen LogP contribution in [-0.2, 0) is 26.0 Å². The number of fused-ring (bicyclic) bond motifs is 1. The number of halogens is 1. The number of carbonyl (C=O) groups excluding carboxylic acids is 2. The molecule has 0 saturated carbocycles. The molecule has 0 saturated heterocycles. The highest BCUT2D eigenvalue weighted by atomic mass is 32.2. The first-order chi connectivity index (χ1) is 15.4. The number of nitrogens with zero attached hydrogens (tertiary/aromatic N) is 1. The van der Waals surface area contributed by atoms with Gasteiger partial charge in [-0.1, -0.05) is 54.6 Å². The monoisotopic (exact) mass is 452 g/mol. The third-order valence-electron chi connectivity index (χ3n) is 5.37. The second-order valence-corrected chi connectivity index (χ2v) is 9.60. The number of hydrogen-bond acceptors (Lipinski definition) is 4. The van der Waals surface area contributed by atoms with Crippen LogP contribution < -0.4 is 10.2 Å². The summed E-state index contributed by atoms with van der Waals surface area (Å²) in [5.74, 6) is -1.28. The summed E-state index contributed by atoms with van der Waals surface area (Å²) < 4.78 is 39.9. The van der Waals surface area contributed by atoms with E-state index in [4.69, 9.17) is 0 Å². The van der Waals surface area contributed by atoms with Crippen molar-refractivity contribution < 1.29 is 22.4 Å². The van der Waals surface area contributed by atoms with Crippen molar-refractivity contribution in [2.75, 3.05) is 11.4 Å². The molecule has 1 atom stereocenters. The molecule has 1 aliphatic rings. The fourth-order valence-electron chi connectivity index (χ4n) is 3.73. The van der Waals surface area contributed by atoms with Gasteiger partial charge < -0.3 is 10.2 Å². The van der Waals surface area contributed by atoms with Crippen molar-refractivity contribution in [3.05, 3.63) is 95.8 Å². The van der Waals surface area contributed by atoms with Gasteiger partial charge in [0.2, 0.25) is 11.8 Å². The normalized spacial score (nSPS) is 17.3. The van der Waals surface area contributed by atoms with Gasteiger partial charge in [0.1, 0.15) is 12.4 Å². The van der Waals surface area contributed by atoms with Gasteiger partial charge in [0.25, 0.3) is 0 Å². The predicted molar refractivity (Wildman–Crippen MR) is 118 cm³/mol. The summed E-state index contributed by atoms with van der Waals surface area (Å²) in [7, 11) is -3.86. The van der Waals surface area contributed by atoms with Crippen LogP contribution >= 0.6 is 0 Å². The molecular weight excluding hydrogens is 431 g/mol. The van der Waals surface area contributed by atoms with Gasteiger partial charge in [-0.3, -0.25) is 9.59 Å². The second kappa shape index (κ2) is 8.92. The Labute approximate surface area is 185 Å². The van der Waals surface area contributed by atoms with Crippen LogP contribution in [0, 0.1) is 5.82 Å². The van der Waals surface area contributed by atoms with Crippen LogP contribution in [0.2, 0.25) is 0 Å².